The smallest absolute Gasteiger partial charge is 0.337 e. The Bertz CT molecular complexity index is 735. The Morgan fingerprint density at radius 2 is 2.17 bits per heavy atom. The van der Waals surface area contributed by atoms with Crippen LogP contribution in [0.25, 0.3) is 5.69 Å². The lowest BCUT2D eigenvalue weighted by Gasteiger charge is -2.24. The highest BCUT2D eigenvalue weighted by Gasteiger charge is 2.33. The van der Waals surface area contributed by atoms with Gasteiger partial charge in [0.1, 0.15) is 0 Å². The van der Waals surface area contributed by atoms with Gasteiger partial charge < -0.3 is 10.2 Å². The van der Waals surface area contributed by atoms with Crippen LogP contribution in [0.15, 0.2) is 36.5 Å². The number of amides is 1. The second-order valence-corrected chi connectivity index (χ2v) is 5.76. The fourth-order valence-electron chi connectivity index (χ4n) is 2.74. The number of rotatable bonds is 3. The molecule has 2 aromatic rings. The number of carbonyl (C=O) groups is 1. The lowest BCUT2D eigenvalue weighted by molar-refractivity contribution is -0.141. The second-order valence-electron chi connectivity index (χ2n) is 5.76. The van der Waals surface area contributed by atoms with Crippen molar-refractivity contribution in [2.24, 2.45) is 0 Å². The van der Waals surface area contributed by atoms with Gasteiger partial charge in [-0.1, -0.05) is 6.07 Å². The van der Waals surface area contributed by atoms with E-state index in [0.717, 1.165) is 30.3 Å². The van der Waals surface area contributed by atoms with Crippen molar-refractivity contribution < 1.29 is 18.0 Å². The lowest BCUT2D eigenvalue weighted by Crippen LogP contribution is -2.38. The molecule has 0 radical (unpaired) electrons. The topological polar surface area (TPSA) is 50.2 Å². The molecule has 2 heterocycles. The first-order valence-corrected chi connectivity index (χ1v) is 7.57. The summed E-state index contributed by atoms with van der Waals surface area (Å²) in [5.41, 5.74) is -0.131. The molecule has 1 aromatic carbocycles. The van der Waals surface area contributed by atoms with E-state index in [9.17, 15) is 18.0 Å². The minimum atomic E-state index is -4.49. The summed E-state index contributed by atoms with van der Waals surface area (Å²) in [5.74, 6) is -0.159. The van der Waals surface area contributed by atoms with E-state index in [-0.39, 0.29) is 11.9 Å². The van der Waals surface area contributed by atoms with Gasteiger partial charge in [0.05, 0.1) is 5.69 Å². The highest BCUT2D eigenvalue weighted by atomic mass is 19.4. The molecule has 0 bridgehead atoms. The van der Waals surface area contributed by atoms with E-state index in [0.29, 0.717) is 11.3 Å². The zero-order valence-electron chi connectivity index (χ0n) is 13.0. The van der Waals surface area contributed by atoms with Gasteiger partial charge in [0.2, 0.25) is 0 Å². The van der Waals surface area contributed by atoms with E-state index in [1.807, 2.05) is 0 Å². The third-order valence-electron chi connectivity index (χ3n) is 4.14. The summed E-state index contributed by atoms with van der Waals surface area (Å²) in [6, 6.07) is 7.49. The Kier molecular flexibility index (Phi) is 4.31. The summed E-state index contributed by atoms with van der Waals surface area (Å²) in [4.78, 5) is 14.2. The van der Waals surface area contributed by atoms with Gasteiger partial charge in [-0.3, -0.25) is 4.79 Å². The first-order chi connectivity index (χ1) is 11.4. The predicted octanol–water partition coefficient (Wildman–Crippen LogP) is 2.32. The monoisotopic (exact) mass is 338 g/mol. The average Bonchev–Trinajstić information content (AvgIpc) is 3.24. The van der Waals surface area contributed by atoms with Gasteiger partial charge in [-0.05, 0) is 37.2 Å². The number of hydrogen-bond donors (Lipinski definition) is 1. The molecule has 1 atom stereocenters. The normalized spacial score (nSPS) is 17.9. The fourth-order valence-corrected chi connectivity index (χ4v) is 2.74. The van der Waals surface area contributed by atoms with E-state index in [2.05, 4.69) is 10.4 Å². The van der Waals surface area contributed by atoms with Gasteiger partial charge >= 0.3 is 6.18 Å². The number of benzene rings is 1. The van der Waals surface area contributed by atoms with Crippen LogP contribution in [0.3, 0.4) is 0 Å². The number of hydrogen-bond acceptors (Lipinski definition) is 3. The minimum absolute atomic E-state index is 0.127. The molecular weight excluding hydrogens is 321 g/mol. The summed E-state index contributed by atoms with van der Waals surface area (Å²) in [5, 5.41) is 6.73. The van der Waals surface area contributed by atoms with Crippen LogP contribution in [-0.2, 0) is 6.18 Å². The number of halogens is 3. The number of nitrogens with one attached hydrogen (secondary N) is 1. The van der Waals surface area contributed by atoms with E-state index < -0.39 is 11.9 Å². The van der Waals surface area contributed by atoms with Gasteiger partial charge in [-0.25, -0.2) is 4.68 Å². The van der Waals surface area contributed by atoms with Crippen molar-refractivity contribution in [2.75, 3.05) is 20.1 Å². The van der Waals surface area contributed by atoms with Crippen LogP contribution in [0.1, 0.15) is 22.5 Å². The van der Waals surface area contributed by atoms with Crippen LogP contribution in [-0.4, -0.2) is 46.8 Å². The van der Waals surface area contributed by atoms with Crippen molar-refractivity contribution in [3.63, 3.8) is 0 Å². The van der Waals surface area contributed by atoms with Crippen molar-refractivity contribution in [3.8, 4) is 5.69 Å². The maximum absolute atomic E-state index is 12.7. The fraction of sp³-hybridized carbons (Fsp3) is 0.375. The second kappa shape index (κ2) is 6.27. The molecular formula is C16H17F3N4O. The van der Waals surface area contributed by atoms with Crippen LogP contribution < -0.4 is 5.32 Å². The molecule has 3 rings (SSSR count). The molecule has 1 aliphatic heterocycles. The molecule has 1 saturated heterocycles. The van der Waals surface area contributed by atoms with E-state index in [1.54, 1.807) is 36.2 Å². The first kappa shape index (κ1) is 16.5. The van der Waals surface area contributed by atoms with Gasteiger partial charge in [-0.15, -0.1) is 0 Å². The van der Waals surface area contributed by atoms with Crippen molar-refractivity contribution in [3.05, 3.63) is 47.8 Å². The molecule has 1 unspecified atom stereocenters. The molecule has 1 aliphatic rings. The maximum atomic E-state index is 12.7. The Labute approximate surface area is 137 Å². The number of nitrogens with zero attached hydrogens (tertiary/aromatic N) is 3. The Hall–Kier alpha value is -2.35. The molecule has 1 aromatic heterocycles. The molecule has 1 fully saturated rings. The Morgan fingerprint density at radius 3 is 2.79 bits per heavy atom. The predicted molar refractivity (Wildman–Crippen MR) is 81.9 cm³/mol. The van der Waals surface area contributed by atoms with Gasteiger partial charge in [0.15, 0.2) is 5.69 Å². The van der Waals surface area contributed by atoms with Crippen molar-refractivity contribution in [1.29, 1.82) is 0 Å². The SMILES string of the molecule is CN(C(=O)c1cccc(-n2ccc(C(F)(F)F)n2)c1)C1CCNC1. The maximum Gasteiger partial charge on any atom is 0.435 e. The summed E-state index contributed by atoms with van der Waals surface area (Å²) < 4.78 is 39.1. The zero-order valence-corrected chi connectivity index (χ0v) is 13.0. The molecule has 0 spiro atoms. The molecule has 8 heteroatoms. The van der Waals surface area contributed by atoms with E-state index in [1.165, 1.54) is 6.20 Å². The highest BCUT2D eigenvalue weighted by Crippen LogP contribution is 2.28. The quantitative estimate of drug-likeness (QED) is 0.934. The molecule has 1 N–H and O–H groups in total. The summed E-state index contributed by atoms with van der Waals surface area (Å²) in [6.45, 7) is 1.62. The molecule has 0 saturated carbocycles. The van der Waals surface area contributed by atoms with Crippen molar-refractivity contribution >= 4 is 5.91 Å². The number of likely N-dealkylation sites (N-methyl/N-ethyl adjacent to an activating group) is 1. The number of aromatic nitrogens is 2. The average molecular weight is 338 g/mol. The van der Waals surface area contributed by atoms with E-state index in [4.69, 9.17) is 0 Å². The molecule has 1 amide bonds. The summed E-state index contributed by atoms with van der Waals surface area (Å²) >= 11 is 0. The van der Waals surface area contributed by atoms with Gasteiger partial charge in [-0.2, -0.15) is 18.3 Å². The highest BCUT2D eigenvalue weighted by molar-refractivity contribution is 5.94. The first-order valence-electron chi connectivity index (χ1n) is 7.57. The Balaban J connectivity index is 1.83. The summed E-state index contributed by atoms with van der Waals surface area (Å²) in [7, 11) is 1.74. The molecule has 0 aliphatic carbocycles. The Morgan fingerprint density at radius 1 is 1.38 bits per heavy atom. The number of carbonyl (C=O) groups excluding carboxylic acids is 1. The number of alkyl halides is 3. The molecule has 24 heavy (non-hydrogen) atoms. The van der Waals surface area contributed by atoms with Crippen LogP contribution in [0, 0.1) is 0 Å². The third kappa shape index (κ3) is 3.28. The van der Waals surface area contributed by atoms with Gasteiger partial charge in [0.25, 0.3) is 5.91 Å². The van der Waals surface area contributed by atoms with Crippen LogP contribution >= 0.6 is 0 Å². The van der Waals surface area contributed by atoms with Crippen LogP contribution in [0.4, 0.5) is 13.2 Å². The van der Waals surface area contributed by atoms with Crippen molar-refractivity contribution in [2.45, 2.75) is 18.6 Å². The lowest BCUT2D eigenvalue weighted by atomic mass is 10.1. The van der Waals surface area contributed by atoms with Crippen LogP contribution in [0.2, 0.25) is 0 Å². The zero-order chi connectivity index (χ0) is 17.3. The van der Waals surface area contributed by atoms with E-state index >= 15 is 0 Å². The molecule has 128 valence electrons. The summed E-state index contributed by atoms with van der Waals surface area (Å²) in [6.07, 6.45) is -2.37. The largest absolute Gasteiger partial charge is 0.435 e. The van der Waals surface area contributed by atoms with Gasteiger partial charge in [0, 0.05) is 31.4 Å². The van der Waals surface area contributed by atoms with Crippen LogP contribution in [0.5, 0.6) is 0 Å². The third-order valence-corrected chi connectivity index (χ3v) is 4.14. The standard InChI is InChI=1S/C16H17F3N4O/c1-22(13-5-7-20-10-13)15(24)11-3-2-4-12(9-11)23-8-6-14(21-23)16(17,18)19/h2-4,6,8-9,13,20H,5,7,10H2,1H3. The minimum Gasteiger partial charge on any atom is -0.337 e. The van der Waals surface area contributed by atoms with Crippen molar-refractivity contribution in [1.82, 2.24) is 20.0 Å². The molecule has 5 nitrogen and oxygen atoms in total.